The van der Waals surface area contributed by atoms with Crippen LogP contribution in [0, 0.1) is 0 Å². The number of aliphatic hydroxyl groups is 1. The van der Waals surface area contributed by atoms with Crippen LogP contribution in [-0.4, -0.2) is 26.8 Å². The van der Waals surface area contributed by atoms with Crippen molar-refractivity contribution in [1.82, 2.24) is 15.5 Å². The summed E-state index contributed by atoms with van der Waals surface area (Å²) in [5.74, 6) is 0.905. The molecule has 1 aromatic carbocycles. The SMILES string of the molecule is CC(C)(O)CCc1ccc(C(=O)NCc2noc(-c3ccco3)n2)cc1. The number of rotatable bonds is 7. The Morgan fingerprint density at radius 1 is 1.23 bits per heavy atom. The maximum Gasteiger partial charge on any atom is 0.293 e. The molecule has 0 aliphatic rings. The summed E-state index contributed by atoms with van der Waals surface area (Å²) in [6.45, 7) is 3.72. The topological polar surface area (TPSA) is 101 Å². The molecule has 26 heavy (non-hydrogen) atoms. The Hall–Kier alpha value is -2.93. The standard InChI is InChI=1S/C19H21N3O4/c1-19(2,24)10-9-13-5-7-14(8-6-13)17(23)20-12-16-21-18(26-22-16)15-4-3-11-25-15/h3-8,11,24H,9-10,12H2,1-2H3,(H,20,23). The summed E-state index contributed by atoms with van der Waals surface area (Å²) < 4.78 is 10.3. The van der Waals surface area contributed by atoms with Crippen molar-refractivity contribution in [3.63, 3.8) is 0 Å². The minimum absolute atomic E-state index is 0.156. The molecule has 0 aliphatic heterocycles. The number of furan rings is 1. The van der Waals surface area contributed by atoms with E-state index >= 15 is 0 Å². The zero-order chi connectivity index (χ0) is 18.6. The molecule has 2 aromatic heterocycles. The third-order valence-corrected chi connectivity index (χ3v) is 3.85. The van der Waals surface area contributed by atoms with E-state index < -0.39 is 5.60 Å². The average Bonchev–Trinajstić information content (AvgIpc) is 3.29. The van der Waals surface area contributed by atoms with Gasteiger partial charge in [-0.2, -0.15) is 4.98 Å². The molecular formula is C19H21N3O4. The largest absolute Gasteiger partial charge is 0.459 e. The van der Waals surface area contributed by atoms with Crippen LogP contribution in [0.1, 0.15) is 42.0 Å². The Morgan fingerprint density at radius 3 is 2.65 bits per heavy atom. The van der Waals surface area contributed by atoms with Gasteiger partial charge in [-0.1, -0.05) is 17.3 Å². The molecule has 136 valence electrons. The highest BCUT2D eigenvalue weighted by Crippen LogP contribution is 2.17. The zero-order valence-electron chi connectivity index (χ0n) is 14.7. The molecule has 0 fully saturated rings. The number of nitrogens with zero attached hydrogens (tertiary/aromatic N) is 2. The van der Waals surface area contributed by atoms with Crippen molar-refractivity contribution in [3.05, 3.63) is 59.6 Å². The molecule has 0 saturated heterocycles. The first-order valence-electron chi connectivity index (χ1n) is 8.37. The third-order valence-electron chi connectivity index (χ3n) is 3.85. The molecule has 7 heteroatoms. The van der Waals surface area contributed by atoms with Gasteiger partial charge in [-0.3, -0.25) is 4.79 Å². The molecule has 7 nitrogen and oxygen atoms in total. The maximum absolute atomic E-state index is 12.2. The van der Waals surface area contributed by atoms with Gasteiger partial charge in [0.1, 0.15) is 0 Å². The van der Waals surface area contributed by atoms with Gasteiger partial charge in [0.15, 0.2) is 11.6 Å². The van der Waals surface area contributed by atoms with Crippen LogP contribution >= 0.6 is 0 Å². The van der Waals surface area contributed by atoms with Gasteiger partial charge in [-0.25, -0.2) is 0 Å². The minimum atomic E-state index is -0.699. The summed E-state index contributed by atoms with van der Waals surface area (Å²) in [7, 11) is 0. The number of benzene rings is 1. The first kappa shape index (κ1) is 17.9. The lowest BCUT2D eigenvalue weighted by Crippen LogP contribution is -2.23. The Balaban J connectivity index is 1.53. The van der Waals surface area contributed by atoms with E-state index in [1.165, 1.54) is 6.26 Å². The van der Waals surface area contributed by atoms with Gasteiger partial charge in [0.25, 0.3) is 11.8 Å². The van der Waals surface area contributed by atoms with E-state index in [1.807, 2.05) is 12.1 Å². The summed E-state index contributed by atoms with van der Waals surface area (Å²) in [4.78, 5) is 16.4. The number of hydrogen-bond acceptors (Lipinski definition) is 6. The van der Waals surface area contributed by atoms with Crippen molar-refractivity contribution in [1.29, 1.82) is 0 Å². The van der Waals surface area contributed by atoms with Crippen molar-refractivity contribution in [3.8, 4) is 11.7 Å². The number of aryl methyl sites for hydroxylation is 1. The monoisotopic (exact) mass is 355 g/mol. The van der Waals surface area contributed by atoms with Gasteiger partial charge >= 0.3 is 0 Å². The highest BCUT2D eigenvalue weighted by atomic mass is 16.5. The van der Waals surface area contributed by atoms with Gasteiger partial charge in [-0.05, 0) is 56.5 Å². The Kier molecular flexibility index (Phi) is 5.18. The van der Waals surface area contributed by atoms with Gasteiger partial charge in [0.2, 0.25) is 0 Å². The van der Waals surface area contributed by atoms with E-state index in [-0.39, 0.29) is 18.3 Å². The molecule has 0 aliphatic carbocycles. The molecule has 1 amide bonds. The lowest BCUT2D eigenvalue weighted by atomic mass is 9.98. The normalized spacial score (nSPS) is 11.5. The van der Waals surface area contributed by atoms with E-state index in [9.17, 15) is 9.90 Å². The quantitative estimate of drug-likeness (QED) is 0.676. The Bertz CT molecular complexity index is 846. The molecule has 3 rings (SSSR count). The Labute approximate surface area is 151 Å². The zero-order valence-corrected chi connectivity index (χ0v) is 14.7. The summed E-state index contributed by atoms with van der Waals surface area (Å²) in [5, 5.41) is 16.3. The van der Waals surface area contributed by atoms with Crippen LogP contribution in [0.5, 0.6) is 0 Å². The van der Waals surface area contributed by atoms with Crippen LogP contribution in [0.15, 0.2) is 51.6 Å². The van der Waals surface area contributed by atoms with E-state index in [0.29, 0.717) is 23.6 Å². The second kappa shape index (κ2) is 7.53. The molecule has 0 unspecified atom stereocenters. The first-order valence-corrected chi connectivity index (χ1v) is 8.37. The van der Waals surface area contributed by atoms with E-state index in [0.717, 1.165) is 12.0 Å². The fourth-order valence-electron chi connectivity index (χ4n) is 2.36. The first-order chi connectivity index (χ1) is 12.4. The fourth-order valence-corrected chi connectivity index (χ4v) is 2.36. The highest BCUT2D eigenvalue weighted by Gasteiger charge is 2.14. The van der Waals surface area contributed by atoms with Crippen molar-refractivity contribution in [2.24, 2.45) is 0 Å². The van der Waals surface area contributed by atoms with Crippen LogP contribution in [-0.2, 0) is 13.0 Å². The van der Waals surface area contributed by atoms with Gasteiger partial charge in [-0.15, -0.1) is 0 Å². The molecule has 0 spiro atoms. The third kappa shape index (κ3) is 4.80. The van der Waals surface area contributed by atoms with E-state index in [1.54, 1.807) is 38.1 Å². The predicted octanol–water partition coefficient (Wildman–Crippen LogP) is 2.96. The van der Waals surface area contributed by atoms with Crippen LogP contribution < -0.4 is 5.32 Å². The van der Waals surface area contributed by atoms with E-state index in [2.05, 4.69) is 15.5 Å². The summed E-state index contributed by atoms with van der Waals surface area (Å²) >= 11 is 0. The maximum atomic E-state index is 12.2. The summed E-state index contributed by atoms with van der Waals surface area (Å²) in [6.07, 6.45) is 2.93. The van der Waals surface area contributed by atoms with Crippen molar-refractivity contribution >= 4 is 5.91 Å². The van der Waals surface area contributed by atoms with Gasteiger partial charge in [0.05, 0.1) is 18.4 Å². The second-order valence-electron chi connectivity index (χ2n) is 6.69. The smallest absolute Gasteiger partial charge is 0.293 e. The van der Waals surface area contributed by atoms with Crippen molar-refractivity contribution < 1.29 is 18.8 Å². The van der Waals surface area contributed by atoms with E-state index in [4.69, 9.17) is 8.94 Å². The molecule has 2 N–H and O–H groups in total. The number of carbonyl (C=O) groups excluding carboxylic acids is 1. The molecule has 0 bridgehead atoms. The molecule has 0 saturated carbocycles. The number of hydrogen-bond donors (Lipinski definition) is 2. The second-order valence-corrected chi connectivity index (χ2v) is 6.69. The molecule has 0 atom stereocenters. The number of nitrogens with one attached hydrogen (secondary N) is 1. The lowest BCUT2D eigenvalue weighted by molar-refractivity contribution is 0.0713. The average molecular weight is 355 g/mol. The van der Waals surface area contributed by atoms with Crippen molar-refractivity contribution in [2.75, 3.05) is 0 Å². The summed E-state index contributed by atoms with van der Waals surface area (Å²) in [5.41, 5.74) is 0.923. The number of amides is 1. The molecule has 0 radical (unpaired) electrons. The highest BCUT2D eigenvalue weighted by molar-refractivity contribution is 5.94. The van der Waals surface area contributed by atoms with Crippen molar-refractivity contribution in [2.45, 2.75) is 38.8 Å². The fraction of sp³-hybridized carbons (Fsp3) is 0.316. The predicted molar refractivity (Wildman–Crippen MR) is 94.2 cm³/mol. The van der Waals surface area contributed by atoms with Gasteiger partial charge < -0.3 is 19.4 Å². The Morgan fingerprint density at radius 2 is 2.00 bits per heavy atom. The minimum Gasteiger partial charge on any atom is -0.459 e. The van der Waals surface area contributed by atoms with Crippen LogP contribution in [0.2, 0.25) is 0 Å². The van der Waals surface area contributed by atoms with Crippen LogP contribution in [0.3, 0.4) is 0 Å². The lowest BCUT2D eigenvalue weighted by Gasteiger charge is -2.16. The molecular weight excluding hydrogens is 334 g/mol. The molecule has 3 aromatic rings. The van der Waals surface area contributed by atoms with Gasteiger partial charge in [0, 0.05) is 5.56 Å². The molecule has 2 heterocycles. The van der Waals surface area contributed by atoms with Crippen LogP contribution in [0.4, 0.5) is 0 Å². The van der Waals surface area contributed by atoms with Crippen LogP contribution in [0.25, 0.3) is 11.7 Å². The summed E-state index contributed by atoms with van der Waals surface area (Å²) in [6, 6.07) is 10.8. The number of carbonyl (C=O) groups is 1. The number of aromatic nitrogens is 2.